The molecule has 0 aliphatic rings. The second-order valence-corrected chi connectivity index (χ2v) is 5.08. The van der Waals surface area contributed by atoms with Crippen molar-refractivity contribution in [3.8, 4) is 5.75 Å². The quantitative estimate of drug-likeness (QED) is 0.817. The molecule has 0 aromatic heterocycles. The van der Waals surface area contributed by atoms with E-state index in [0.29, 0.717) is 10.8 Å². The minimum Gasteiger partial charge on any atom is -0.410 e. The Morgan fingerprint density at radius 2 is 2.00 bits per heavy atom. The van der Waals surface area contributed by atoms with E-state index >= 15 is 0 Å². The van der Waals surface area contributed by atoms with Crippen LogP contribution < -0.4 is 10.1 Å². The smallest absolute Gasteiger partial charge is 0.410 e. The maximum Gasteiger partial charge on any atom is 0.413 e. The minimum absolute atomic E-state index is 0.307. The number of rotatable bonds is 1. The standard InChI is InChI=1S/C12H16ClNO2/c1-8-7-9(5-6-10(8)13)16-11(15)14-12(2,3)4/h5-7H,1-4H3,(H,14,15). The second kappa shape index (κ2) is 4.74. The van der Waals surface area contributed by atoms with Gasteiger partial charge < -0.3 is 10.1 Å². The van der Waals surface area contributed by atoms with Crippen molar-refractivity contribution in [2.45, 2.75) is 33.2 Å². The number of benzene rings is 1. The summed E-state index contributed by atoms with van der Waals surface area (Å²) >= 11 is 5.87. The van der Waals surface area contributed by atoms with Crippen LogP contribution in [0.1, 0.15) is 26.3 Å². The number of carbonyl (C=O) groups excluding carboxylic acids is 1. The summed E-state index contributed by atoms with van der Waals surface area (Å²) in [5, 5.41) is 3.36. The molecule has 0 radical (unpaired) electrons. The van der Waals surface area contributed by atoms with E-state index in [1.165, 1.54) is 0 Å². The fourth-order valence-corrected chi connectivity index (χ4v) is 1.24. The molecule has 4 heteroatoms. The monoisotopic (exact) mass is 241 g/mol. The molecule has 1 N–H and O–H groups in total. The molecule has 0 fully saturated rings. The summed E-state index contributed by atoms with van der Waals surface area (Å²) in [6.07, 6.45) is -0.464. The van der Waals surface area contributed by atoms with E-state index in [1.54, 1.807) is 18.2 Å². The van der Waals surface area contributed by atoms with Crippen molar-refractivity contribution in [1.29, 1.82) is 0 Å². The van der Waals surface area contributed by atoms with Gasteiger partial charge in [-0.25, -0.2) is 4.79 Å². The Morgan fingerprint density at radius 1 is 1.38 bits per heavy atom. The average Bonchev–Trinajstić information content (AvgIpc) is 2.08. The third-order valence-electron chi connectivity index (χ3n) is 1.82. The molecule has 0 atom stereocenters. The van der Waals surface area contributed by atoms with E-state index in [4.69, 9.17) is 16.3 Å². The first-order valence-electron chi connectivity index (χ1n) is 5.04. The zero-order chi connectivity index (χ0) is 12.3. The molecule has 1 rings (SSSR count). The van der Waals surface area contributed by atoms with E-state index in [2.05, 4.69) is 5.32 Å². The van der Waals surface area contributed by atoms with E-state index in [-0.39, 0.29) is 5.54 Å². The highest BCUT2D eigenvalue weighted by molar-refractivity contribution is 6.31. The Balaban J connectivity index is 2.67. The van der Waals surface area contributed by atoms with Gasteiger partial charge in [0, 0.05) is 10.6 Å². The SMILES string of the molecule is Cc1cc(OC(=O)NC(C)(C)C)ccc1Cl. The van der Waals surface area contributed by atoms with E-state index in [0.717, 1.165) is 5.56 Å². The van der Waals surface area contributed by atoms with Crippen molar-refractivity contribution in [2.24, 2.45) is 0 Å². The van der Waals surface area contributed by atoms with Crippen LogP contribution in [-0.4, -0.2) is 11.6 Å². The Bertz CT molecular complexity index is 396. The lowest BCUT2D eigenvalue weighted by atomic mass is 10.1. The summed E-state index contributed by atoms with van der Waals surface area (Å²) in [6, 6.07) is 5.10. The number of hydrogen-bond acceptors (Lipinski definition) is 2. The molecule has 1 aromatic carbocycles. The lowest BCUT2D eigenvalue weighted by molar-refractivity contribution is 0.190. The van der Waals surface area contributed by atoms with Crippen LogP contribution in [-0.2, 0) is 0 Å². The summed E-state index contributed by atoms with van der Waals surface area (Å²) in [5.74, 6) is 0.489. The van der Waals surface area contributed by atoms with Gasteiger partial charge in [0.2, 0.25) is 0 Å². The first-order chi connectivity index (χ1) is 7.28. The van der Waals surface area contributed by atoms with E-state index < -0.39 is 6.09 Å². The molecular weight excluding hydrogens is 226 g/mol. The van der Waals surface area contributed by atoms with Gasteiger partial charge >= 0.3 is 6.09 Å². The highest BCUT2D eigenvalue weighted by Gasteiger charge is 2.15. The van der Waals surface area contributed by atoms with Gasteiger partial charge in [0.1, 0.15) is 5.75 Å². The van der Waals surface area contributed by atoms with Gasteiger partial charge in [0.25, 0.3) is 0 Å². The van der Waals surface area contributed by atoms with Crippen LogP contribution in [0.25, 0.3) is 0 Å². The third-order valence-corrected chi connectivity index (χ3v) is 2.24. The Kier molecular flexibility index (Phi) is 3.81. The Labute approximate surface area is 101 Å². The molecule has 0 bridgehead atoms. The normalized spacial score (nSPS) is 11.1. The van der Waals surface area contributed by atoms with Crippen LogP contribution in [0.5, 0.6) is 5.75 Å². The molecule has 3 nitrogen and oxygen atoms in total. The van der Waals surface area contributed by atoms with Crippen LogP contribution >= 0.6 is 11.6 Å². The van der Waals surface area contributed by atoms with Crippen molar-refractivity contribution >= 4 is 17.7 Å². The summed E-state index contributed by atoms with van der Waals surface area (Å²) in [4.78, 5) is 11.5. The van der Waals surface area contributed by atoms with E-state index in [1.807, 2.05) is 27.7 Å². The average molecular weight is 242 g/mol. The molecule has 0 unspecified atom stereocenters. The number of nitrogens with one attached hydrogen (secondary N) is 1. The molecule has 16 heavy (non-hydrogen) atoms. The van der Waals surface area contributed by atoms with Crippen LogP contribution in [0.2, 0.25) is 5.02 Å². The van der Waals surface area contributed by atoms with Crippen molar-refractivity contribution in [1.82, 2.24) is 5.32 Å². The molecule has 0 spiro atoms. The maximum atomic E-state index is 11.5. The Hall–Kier alpha value is -1.22. The zero-order valence-electron chi connectivity index (χ0n) is 9.93. The lowest BCUT2D eigenvalue weighted by Gasteiger charge is -2.19. The summed E-state index contributed by atoms with van der Waals surface area (Å²) in [7, 11) is 0. The highest BCUT2D eigenvalue weighted by atomic mass is 35.5. The highest BCUT2D eigenvalue weighted by Crippen LogP contribution is 2.21. The van der Waals surface area contributed by atoms with Crippen LogP contribution in [0.3, 0.4) is 0 Å². The zero-order valence-corrected chi connectivity index (χ0v) is 10.7. The fraction of sp³-hybridized carbons (Fsp3) is 0.417. The van der Waals surface area contributed by atoms with Gasteiger partial charge in [0.15, 0.2) is 0 Å². The van der Waals surface area contributed by atoms with Crippen molar-refractivity contribution in [3.05, 3.63) is 28.8 Å². The number of aryl methyl sites for hydroxylation is 1. The second-order valence-electron chi connectivity index (χ2n) is 4.68. The molecule has 1 aromatic rings. The predicted octanol–water partition coefficient (Wildman–Crippen LogP) is 3.54. The summed E-state index contributed by atoms with van der Waals surface area (Å²) in [6.45, 7) is 7.53. The fourth-order valence-electron chi connectivity index (χ4n) is 1.12. The predicted molar refractivity (Wildman–Crippen MR) is 65.1 cm³/mol. The van der Waals surface area contributed by atoms with Gasteiger partial charge in [-0.1, -0.05) is 11.6 Å². The molecule has 0 saturated carbocycles. The Morgan fingerprint density at radius 3 is 2.50 bits per heavy atom. The first kappa shape index (κ1) is 12.8. The van der Waals surface area contributed by atoms with Gasteiger partial charge in [0.05, 0.1) is 0 Å². The van der Waals surface area contributed by atoms with Crippen LogP contribution in [0.4, 0.5) is 4.79 Å². The van der Waals surface area contributed by atoms with Crippen molar-refractivity contribution in [3.63, 3.8) is 0 Å². The maximum absolute atomic E-state index is 11.5. The molecule has 0 saturated heterocycles. The molecule has 88 valence electrons. The topological polar surface area (TPSA) is 38.3 Å². The number of amides is 1. The molecule has 0 aliphatic carbocycles. The number of halogens is 1. The van der Waals surface area contributed by atoms with Gasteiger partial charge in [-0.3, -0.25) is 0 Å². The molecule has 0 heterocycles. The lowest BCUT2D eigenvalue weighted by Crippen LogP contribution is -2.42. The van der Waals surface area contributed by atoms with Gasteiger partial charge in [-0.15, -0.1) is 0 Å². The minimum atomic E-state index is -0.464. The summed E-state index contributed by atoms with van der Waals surface area (Å²) in [5.41, 5.74) is 0.571. The molecule has 0 aliphatic heterocycles. The molecular formula is C12H16ClNO2. The van der Waals surface area contributed by atoms with E-state index in [9.17, 15) is 4.79 Å². The van der Waals surface area contributed by atoms with Gasteiger partial charge in [-0.05, 0) is 51.5 Å². The third kappa shape index (κ3) is 4.11. The largest absolute Gasteiger partial charge is 0.413 e. The number of carbonyl (C=O) groups is 1. The van der Waals surface area contributed by atoms with Crippen LogP contribution in [0.15, 0.2) is 18.2 Å². The van der Waals surface area contributed by atoms with Crippen molar-refractivity contribution in [2.75, 3.05) is 0 Å². The number of ether oxygens (including phenoxy) is 1. The van der Waals surface area contributed by atoms with Gasteiger partial charge in [-0.2, -0.15) is 0 Å². The first-order valence-corrected chi connectivity index (χ1v) is 5.42. The molecule has 1 amide bonds. The van der Waals surface area contributed by atoms with Crippen molar-refractivity contribution < 1.29 is 9.53 Å². The summed E-state index contributed by atoms with van der Waals surface area (Å²) < 4.78 is 5.12. The number of hydrogen-bond donors (Lipinski definition) is 1. The van der Waals surface area contributed by atoms with Crippen LogP contribution in [0, 0.1) is 6.92 Å².